The highest BCUT2D eigenvalue weighted by Crippen LogP contribution is 2.29. The number of benzene rings is 3. The Morgan fingerprint density at radius 1 is 0.778 bits per heavy atom. The van der Waals surface area contributed by atoms with Crippen LogP contribution >= 0.6 is 0 Å². The summed E-state index contributed by atoms with van der Waals surface area (Å²) < 4.78 is 43.5. The van der Waals surface area contributed by atoms with Gasteiger partial charge in [-0.25, -0.2) is 4.98 Å². The van der Waals surface area contributed by atoms with Gasteiger partial charge in [0, 0.05) is 6.08 Å². The van der Waals surface area contributed by atoms with Gasteiger partial charge in [0.1, 0.15) is 5.52 Å². The zero-order valence-corrected chi connectivity index (χ0v) is 14.1. The average Bonchev–Trinajstić information content (AvgIpc) is 3.09. The Morgan fingerprint density at radius 3 is 2.22 bits per heavy atom. The lowest BCUT2D eigenvalue weighted by molar-refractivity contribution is -0.137. The van der Waals surface area contributed by atoms with Crippen LogP contribution in [0.15, 0.2) is 77.2 Å². The topological polar surface area (TPSA) is 26.0 Å². The molecular weight excluding hydrogens is 351 g/mol. The van der Waals surface area contributed by atoms with Gasteiger partial charge in [0.2, 0.25) is 5.89 Å². The minimum atomic E-state index is -4.33. The fourth-order valence-electron chi connectivity index (χ4n) is 2.78. The van der Waals surface area contributed by atoms with E-state index in [1.807, 2.05) is 48.5 Å². The smallest absolute Gasteiger partial charge is 0.416 e. The van der Waals surface area contributed by atoms with E-state index in [1.165, 1.54) is 12.1 Å². The number of hydrogen-bond donors (Lipinski definition) is 0. The molecule has 5 heteroatoms. The number of rotatable bonds is 3. The predicted molar refractivity (Wildman–Crippen MR) is 99.8 cm³/mol. The minimum Gasteiger partial charge on any atom is -0.437 e. The van der Waals surface area contributed by atoms with E-state index in [1.54, 1.807) is 12.2 Å². The van der Waals surface area contributed by atoms with E-state index in [-0.39, 0.29) is 0 Å². The Bertz CT molecular complexity index is 1090. The summed E-state index contributed by atoms with van der Waals surface area (Å²) in [5.41, 5.74) is 3.47. The third-order valence-electron chi connectivity index (χ3n) is 4.17. The summed E-state index contributed by atoms with van der Waals surface area (Å²) in [6, 6.07) is 20.7. The highest BCUT2D eigenvalue weighted by molar-refractivity contribution is 5.82. The van der Waals surface area contributed by atoms with E-state index in [0.717, 1.165) is 28.8 Å². The predicted octanol–water partition coefficient (Wildman–Crippen LogP) is 6.68. The molecule has 1 heterocycles. The Balaban J connectivity index is 1.58. The second kappa shape index (κ2) is 6.76. The summed E-state index contributed by atoms with van der Waals surface area (Å²) >= 11 is 0. The van der Waals surface area contributed by atoms with Gasteiger partial charge in [-0.2, -0.15) is 13.2 Å². The summed E-state index contributed by atoms with van der Waals surface area (Å²) in [4.78, 5) is 4.44. The molecule has 0 unspecified atom stereocenters. The Kier molecular flexibility index (Phi) is 4.28. The molecule has 0 amide bonds. The molecule has 3 aromatic carbocycles. The number of hydrogen-bond acceptors (Lipinski definition) is 2. The Morgan fingerprint density at radius 2 is 1.52 bits per heavy atom. The fourth-order valence-corrected chi connectivity index (χ4v) is 2.78. The lowest BCUT2D eigenvalue weighted by Gasteiger charge is -2.05. The first-order valence-corrected chi connectivity index (χ1v) is 8.30. The molecule has 0 saturated carbocycles. The average molecular weight is 365 g/mol. The van der Waals surface area contributed by atoms with Gasteiger partial charge in [0.25, 0.3) is 0 Å². The van der Waals surface area contributed by atoms with Gasteiger partial charge in [-0.05, 0) is 47.0 Å². The van der Waals surface area contributed by atoms with Crippen molar-refractivity contribution >= 4 is 23.3 Å². The summed E-state index contributed by atoms with van der Waals surface area (Å²) in [7, 11) is 0. The normalized spacial score (nSPS) is 12.1. The maximum absolute atomic E-state index is 12.6. The lowest BCUT2D eigenvalue weighted by Crippen LogP contribution is -2.03. The van der Waals surface area contributed by atoms with Crippen molar-refractivity contribution in [2.45, 2.75) is 6.18 Å². The largest absolute Gasteiger partial charge is 0.437 e. The zero-order chi connectivity index (χ0) is 18.9. The van der Waals surface area contributed by atoms with Crippen LogP contribution in [0, 0.1) is 0 Å². The number of alkyl halides is 3. The summed E-state index contributed by atoms with van der Waals surface area (Å²) in [6.07, 6.45) is -1.02. The molecule has 0 radical (unpaired) electrons. The Labute approximate surface area is 153 Å². The number of oxazole rings is 1. The van der Waals surface area contributed by atoms with Crippen LogP contribution in [0.4, 0.5) is 13.2 Å². The van der Waals surface area contributed by atoms with Crippen LogP contribution in [-0.2, 0) is 6.18 Å². The van der Waals surface area contributed by atoms with Crippen LogP contribution in [0.2, 0.25) is 0 Å². The molecule has 0 N–H and O–H groups in total. The van der Waals surface area contributed by atoms with E-state index >= 15 is 0 Å². The van der Waals surface area contributed by atoms with Crippen molar-refractivity contribution in [1.29, 1.82) is 0 Å². The highest BCUT2D eigenvalue weighted by atomic mass is 19.4. The fraction of sp³-hybridized carbons (Fsp3) is 0.0455. The van der Waals surface area contributed by atoms with Crippen molar-refractivity contribution in [3.05, 3.63) is 89.8 Å². The monoisotopic (exact) mass is 365 g/mol. The highest BCUT2D eigenvalue weighted by Gasteiger charge is 2.29. The van der Waals surface area contributed by atoms with Crippen molar-refractivity contribution in [3.8, 4) is 11.1 Å². The molecule has 0 atom stereocenters. The summed E-state index contributed by atoms with van der Waals surface area (Å²) in [5, 5.41) is 0. The summed E-state index contributed by atoms with van der Waals surface area (Å²) in [5.74, 6) is 0.398. The van der Waals surface area contributed by atoms with Crippen LogP contribution in [0.25, 0.3) is 34.4 Å². The van der Waals surface area contributed by atoms with Crippen molar-refractivity contribution in [1.82, 2.24) is 4.98 Å². The van der Waals surface area contributed by atoms with E-state index in [0.29, 0.717) is 17.0 Å². The molecule has 0 fully saturated rings. The first-order chi connectivity index (χ1) is 13.0. The first kappa shape index (κ1) is 17.1. The second-order valence-electron chi connectivity index (χ2n) is 6.05. The minimum absolute atomic E-state index is 0.398. The van der Waals surface area contributed by atoms with Gasteiger partial charge in [-0.15, -0.1) is 0 Å². The van der Waals surface area contributed by atoms with Crippen LogP contribution in [0.5, 0.6) is 0 Å². The van der Waals surface area contributed by atoms with Gasteiger partial charge in [-0.3, -0.25) is 0 Å². The standard InChI is InChI=1S/C22H14F3NO/c23-22(24,25)18-10-6-15(7-11-18)8-13-21-26-19-14-17(9-12-20(19)27-21)16-4-2-1-3-5-16/h1-14H/b13-8+. The number of nitrogens with zero attached hydrogens (tertiary/aromatic N) is 1. The third-order valence-corrected chi connectivity index (χ3v) is 4.17. The maximum atomic E-state index is 12.6. The summed E-state index contributed by atoms with van der Waals surface area (Å²) in [6.45, 7) is 0. The van der Waals surface area contributed by atoms with Crippen LogP contribution in [0.1, 0.15) is 17.0 Å². The van der Waals surface area contributed by atoms with Crippen molar-refractivity contribution in [3.63, 3.8) is 0 Å². The van der Waals surface area contributed by atoms with Crippen molar-refractivity contribution in [2.24, 2.45) is 0 Å². The molecule has 0 bridgehead atoms. The van der Waals surface area contributed by atoms with E-state index in [2.05, 4.69) is 4.98 Å². The molecule has 2 nitrogen and oxygen atoms in total. The molecule has 4 rings (SSSR count). The zero-order valence-electron chi connectivity index (χ0n) is 14.1. The number of aromatic nitrogens is 1. The first-order valence-electron chi connectivity index (χ1n) is 8.30. The van der Waals surface area contributed by atoms with Gasteiger partial charge < -0.3 is 4.42 Å². The van der Waals surface area contributed by atoms with Crippen LogP contribution in [0.3, 0.4) is 0 Å². The molecule has 1 aromatic heterocycles. The molecule has 0 aliphatic heterocycles. The van der Waals surface area contributed by atoms with Crippen LogP contribution in [-0.4, -0.2) is 4.98 Å². The van der Waals surface area contributed by atoms with Gasteiger partial charge in [0.15, 0.2) is 5.58 Å². The van der Waals surface area contributed by atoms with Gasteiger partial charge in [0.05, 0.1) is 5.56 Å². The molecule has 0 spiro atoms. The molecular formula is C22H14F3NO. The third kappa shape index (κ3) is 3.77. The molecule has 27 heavy (non-hydrogen) atoms. The molecule has 0 aliphatic rings. The van der Waals surface area contributed by atoms with E-state index in [9.17, 15) is 13.2 Å². The Hall–Kier alpha value is -3.34. The second-order valence-corrected chi connectivity index (χ2v) is 6.05. The maximum Gasteiger partial charge on any atom is 0.416 e. The molecule has 4 aromatic rings. The number of fused-ring (bicyclic) bond motifs is 1. The van der Waals surface area contributed by atoms with Gasteiger partial charge in [-0.1, -0.05) is 48.5 Å². The van der Waals surface area contributed by atoms with E-state index in [4.69, 9.17) is 4.42 Å². The van der Waals surface area contributed by atoms with Crippen LogP contribution < -0.4 is 0 Å². The number of halogens is 3. The molecule has 0 aliphatic carbocycles. The molecule has 0 saturated heterocycles. The van der Waals surface area contributed by atoms with Crippen molar-refractivity contribution < 1.29 is 17.6 Å². The van der Waals surface area contributed by atoms with E-state index < -0.39 is 11.7 Å². The SMILES string of the molecule is FC(F)(F)c1ccc(/C=C/c2nc3cc(-c4ccccc4)ccc3o2)cc1. The quantitative estimate of drug-likeness (QED) is 0.404. The van der Waals surface area contributed by atoms with Crippen molar-refractivity contribution in [2.75, 3.05) is 0 Å². The van der Waals surface area contributed by atoms with Gasteiger partial charge >= 0.3 is 6.18 Å². The lowest BCUT2D eigenvalue weighted by atomic mass is 10.1. The molecule has 134 valence electrons.